The van der Waals surface area contributed by atoms with Gasteiger partial charge in [0.15, 0.2) is 18.2 Å². The molecule has 2 heterocycles. The van der Waals surface area contributed by atoms with Crippen molar-refractivity contribution in [2.45, 2.75) is 0 Å². The molecule has 0 saturated heterocycles. The number of benzene rings is 2. The van der Waals surface area contributed by atoms with Crippen molar-refractivity contribution in [1.29, 1.82) is 0 Å². The van der Waals surface area contributed by atoms with Crippen LogP contribution >= 0.6 is 0 Å². The van der Waals surface area contributed by atoms with Crippen molar-refractivity contribution in [3.05, 3.63) is 72.8 Å². The molecule has 22 heavy (non-hydrogen) atoms. The van der Waals surface area contributed by atoms with Gasteiger partial charge in [0.25, 0.3) is 5.91 Å². The summed E-state index contributed by atoms with van der Waals surface area (Å²) in [6.45, 7) is 0. The van der Waals surface area contributed by atoms with Gasteiger partial charge in [0.2, 0.25) is 0 Å². The summed E-state index contributed by atoms with van der Waals surface area (Å²) in [5.41, 5.74) is 1.40. The molecule has 2 aromatic carbocycles. The van der Waals surface area contributed by atoms with Gasteiger partial charge < -0.3 is 9.73 Å². The van der Waals surface area contributed by atoms with Crippen molar-refractivity contribution in [2.75, 3.05) is 5.32 Å². The van der Waals surface area contributed by atoms with E-state index in [1.165, 1.54) is 0 Å². The van der Waals surface area contributed by atoms with Crippen LogP contribution in [-0.2, 0) is 0 Å². The zero-order valence-electron chi connectivity index (χ0n) is 11.7. The molecule has 106 valence electrons. The number of H-pyrrole nitrogens is 1. The number of aromatic amines is 1. The minimum Gasteiger partial charge on any atom is -0.451 e. The number of fused-ring (bicyclic) bond motifs is 3. The van der Waals surface area contributed by atoms with E-state index in [1.54, 1.807) is 18.5 Å². The number of carbonyl (C=O) groups is 1. The van der Waals surface area contributed by atoms with Crippen molar-refractivity contribution in [3.63, 3.8) is 0 Å². The second-order valence-corrected chi connectivity index (χ2v) is 5.06. The number of nitrogens with one attached hydrogen (secondary N) is 2. The van der Waals surface area contributed by atoms with Crippen LogP contribution in [0, 0.1) is 0 Å². The average Bonchev–Trinajstić information content (AvgIpc) is 3.00. The van der Waals surface area contributed by atoms with E-state index in [1.807, 2.05) is 48.5 Å². The molecule has 0 aliphatic carbocycles. The van der Waals surface area contributed by atoms with Crippen LogP contribution in [0.2, 0.25) is 0 Å². The Morgan fingerprint density at radius 2 is 1.91 bits per heavy atom. The summed E-state index contributed by atoms with van der Waals surface area (Å²) in [6, 6.07) is 17.4. The Kier molecular flexibility index (Phi) is 2.86. The molecule has 0 radical (unpaired) electrons. The molecule has 4 aromatic rings. The van der Waals surface area contributed by atoms with Gasteiger partial charge in [-0.05, 0) is 29.0 Å². The molecule has 2 aromatic heterocycles. The molecule has 0 saturated carbocycles. The van der Waals surface area contributed by atoms with Gasteiger partial charge in [0, 0.05) is 11.5 Å². The van der Waals surface area contributed by atoms with Crippen LogP contribution in [0.25, 0.3) is 21.7 Å². The van der Waals surface area contributed by atoms with E-state index >= 15 is 0 Å². The van der Waals surface area contributed by atoms with Crippen molar-refractivity contribution in [2.24, 2.45) is 0 Å². The zero-order chi connectivity index (χ0) is 14.9. The van der Waals surface area contributed by atoms with E-state index in [9.17, 15) is 4.79 Å². The maximum Gasteiger partial charge on any atom is 0.291 e. The first-order valence-electron chi connectivity index (χ1n) is 7.00. The number of amides is 1. The fourth-order valence-electron chi connectivity index (χ4n) is 2.57. The molecule has 4 rings (SSSR count). The predicted octanol–water partition coefficient (Wildman–Crippen LogP) is 3.65. The first kappa shape index (κ1) is 12.6. The van der Waals surface area contributed by atoms with Crippen LogP contribution in [0.5, 0.6) is 0 Å². The lowest BCUT2D eigenvalue weighted by atomic mass is 10.1. The summed E-state index contributed by atoms with van der Waals surface area (Å²) in [6.07, 6.45) is 3.50. The lowest BCUT2D eigenvalue weighted by molar-refractivity contribution is -0.377. The van der Waals surface area contributed by atoms with E-state index in [2.05, 4.69) is 10.3 Å². The van der Waals surface area contributed by atoms with Crippen molar-refractivity contribution >= 4 is 33.3 Å². The molecule has 4 nitrogen and oxygen atoms in total. The van der Waals surface area contributed by atoms with Crippen LogP contribution in [0.3, 0.4) is 0 Å². The summed E-state index contributed by atoms with van der Waals surface area (Å²) in [4.78, 5) is 15.2. The maximum absolute atomic E-state index is 12.3. The Balaban J connectivity index is 1.76. The van der Waals surface area contributed by atoms with Crippen LogP contribution in [0.15, 0.2) is 71.4 Å². The lowest BCUT2D eigenvalue weighted by Crippen LogP contribution is -2.12. The predicted molar refractivity (Wildman–Crippen MR) is 84.7 cm³/mol. The van der Waals surface area contributed by atoms with E-state index in [-0.39, 0.29) is 5.91 Å². The fourth-order valence-corrected chi connectivity index (χ4v) is 2.57. The van der Waals surface area contributed by atoms with Gasteiger partial charge in [-0.3, -0.25) is 4.79 Å². The fraction of sp³-hybridized carbons (Fsp3) is 0. The number of anilines is 1. The highest BCUT2D eigenvalue weighted by Crippen LogP contribution is 2.28. The van der Waals surface area contributed by atoms with E-state index in [4.69, 9.17) is 4.42 Å². The molecular formula is C18H13N2O2+. The molecule has 0 bridgehead atoms. The van der Waals surface area contributed by atoms with Crippen LogP contribution in [0.1, 0.15) is 10.6 Å². The standard InChI is InChI=1S/C18H12N2O2/c21-18(20-13-5-3-9-19-11-13)17-10-15-14-6-2-1-4-12(14)7-8-16(15)22-17/h1-11H,(H,20,21)/p+1. The third kappa shape index (κ3) is 2.11. The van der Waals surface area contributed by atoms with Crippen LogP contribution in [-0.4, -0.2) is 5.91 Å². The monoisotopic (exact) mass is 289 g/mol. The Bertz CT molecular complexity index is 974. The van der Waals surface area contributed by atoms with Gasteiger partial charge in [0.05, 0.1) is 0 Å². The number of hydrogen-bond acceptors (Lipinski definition) is 2. The van der Waals surface area contributed by atoms with Gasteiger partial charge in [0.1, 0.15) is 11.3 Å². The van der Waals surface area contributed by atoms with Crippen molar-refractivity contribution in [1.82, 2.24) is 0 Å². The van der Waals surface area contributed by atoms with E-state index in [0.717, 1.165) is 16.2 Å². The molecule has 0 aliphatic heterocycles. The van der Waals surface area contributed by atoms with Gasteiger partial charge in [-0.2, -0.15) is 0 Å². The zero-order valence-corrected chi connectivity index (χ0v) is 11.7. The molecule has 1 amide bonds. The topological polar surface area (TPSA) is 56.4 Å². The summed E-state index contributed by atoms with van der Waals surface area (Å²) in [7, 11) is 0. The molecule has 0 fully saturated rings. The third-order valence-corrected chi connectivity index (χ3v) is 3.61. The number of rotatable bonds is 2. The molecule has 0 aliphatic rings. The van der Waals surface area contributed by atoms with Gasteiger partial charge in [-0.1, -0.05) is 30.3 Å². The maximum atomic E-state index is 12.3. The average molecular weight is 289 g/mol. The van der Waals surface area contributed by atoms with Gasteiger partial charge >= 0.3 is 0 Å². The third-order valence-electron chi connectivity index (χ3n) is 3.61. The summed E-state index contributed by atoms with van der Waals surface area (Å²) in [5, 5.41) is 5.96. The summed E-state index contributed by atoms with van der Waals surface area (Å²) in [5.74, 6) is 0.0371. The molecule has 0 atom stereocenters. The van der Waals surface area contributed by atoms with Crippen LogP contribution < -0.4 is 10.3 Å². The highest BCUT2D eigenvalue weighted by atomic mass is 16.3. The molecular weight excluding hydrogens is 276 g/mol. The van der Waals surface area contributed by atoms with Crippen LogP contribution in [0.4, 0.5) is 5.69 Å². The molecule has 4 heteroatoms. The quantitative estimate of drug-likeness (QED) is 0.612. The number of carbonyl (C=O) groups excluding carboxylic acids is 1. The smallest absolute Gasteiger partial charge is 0.291 e. The number of furan rings is 1. The van der Waals surface area contributed by atoms with E-state index in [0.29, 0.717) is 17.0 Å². The number of aromatic nitrogens is 1. The minimum atomic E-state index is -0.264. The number of pyridine rings is 1. The normalized spacial score (nSPS) is 10.9. The Labute approximate surface area is 126 Å². The highest BCUT2D eigenvalue weighted by Gasteiger charge is 2.14. The first-order chi connectivity index (χ1) is 10.8. The second-order valence-electron chi connectivity index (χ2n) is 5.06. The summed E-state index contributed by atoms with van der Waals surface area (Å²) >= 11 is 0. The summed E-state index contributed by atoms with van der Waals surface area (Å²) < 4.78 is 5.69. The van der Waals surface area contributed by atoms with E-state index < -0.39 is 0 Å². The largest absolute Gasteiger partial charge is 0.451 e. The van der Waals surface area contributed by atoms with Crippen molar-refractivity contribution in [3.8, 4) is 0 Å². The SMILES string of the molecule is O=C(Nc1ccc[nH+]c1)c1cc2c(ccc3ccccc32)o1. The molecule has 2 N–H and O–H groups in total. The van der Waals surface area contributed by atoms with Gasteiger partial charge in [-0.15, -0.1) is 0 Å². The second kappa shape index (κ2) is 5.00. The molecule has 0 spiro atoms. The Morgan fingerprint density at radius 1 is 1.00 bits per heavy atom. The molecule has 0 unspecified atom stereocenters. The Hall–Kier alpha value is -3.14. The highest BCUT2D eigenvalue weighted by molar-refractivity contribution is 6.10. The lowest BCUT2D eigenvalue weighted by Gasteiger charge is -1.98. The Morgan fingerprint density at radius 3 is 2.77 bits per heavy atom. The first-order valence-corrected chi connectivity index (χ1v) is 7.00. The minimum absolute atomic E-state index is 0.264. The van der Waals surface area contributed by atoms with Crippen molar-refractivity contribution < 1.29 is 14.2 Å². The number of hydrogen-bond donors (Lipinski definition) is 1. The van der Waals surface area contributed by atoms with Gasteiger partial charge in [-0.25, -0.2) is 4.98 Å².